The number of carbonyl (C=O) groups excluding carboxylic acids is 2. The summed E-state index contributed by atoms with van der Waals surface area (Å²) in [6.07, 6.45) is 0. The second-order valence-corrected chi connectivity index (χ2v) is 5.46. The monoisotopic (exact) mass is 373 g/mol. The minimum Gasteiger partial charge on any atom is -0.465 e. The minimum atomic E-state index is -1.09. The lowest BCUT2D eigenvalue weighted by Gasteiger charge is -2.10. The van der Waals surface area contributed by atoms with E-state index in [9.17, 15) is 18.4 Å². The normalized spacial score (nSPS) is 10.5. The summed E-state index contributed by atoms with van der Waals surface area (Å²) in [7, 11) is 1.04. The molecule has 3 rings (SSSR count). The number of carbonyl (C=O) groups is 2. The van der Waals surface area contributed by atoms with E-state index in [4.69, 9.17) is 4.42 Å². The number of halogens is 2. The van der Waals surface area contributed by atoms with Crippen LogP contribution in [0.25, 0.3) is 11.5 Å². The Morgan fingerprint density at radius 1 is 1.11 bits per heavy atom. The van der Waals surface area contributed by atoms with Crippen molar-refractivity contribution in [3.05, 3.63) is 65.1 Å². The fraction of sp³-hybridized carbons (Fsp3) is 0.111. The van der Waals surface area contributed by atoms with Crippen LogP contribution in [-0.2, 0) is 4.74 Å². The van der Waals surface area contributed by atoms with Gasteiger partial charge in [-0.15, -0.1) is 10.2 Å². The van der Waals surface area contributed by atoms with E-state index >= 15 is 0 Å². The molecular formula is C18H13F2N3O4. The van der Waals surface area contributed by atoms with Crippen LogP contribution in [0.5, 0.6) is 0 Å². The highest BCUT2D eigenvalue weighted by Crippen LogP contribution is 2.23. The second kappa shape index (κ2) is 7.32. The van der Waals surface area contributed by atoms with Gasteiger partial charge in [-0.05, 0) is 30.3 Å². The number of anilines is 1. The lowest BCUT2D eigenvalue weighted by molar-refractivity contribution is 0.0594. The fourth-order valence-electron chi connectivity index (χ4n) is 2.31. The number of rotatable bonds is 4. The van der Waals surface area contributed by atoms with Gasteiger partial charge in [-0.2, -0.15) is 0 Å². The van der Waals surface area contributed by atoms with Crippen molar-refractivity contribution in [2.75, 3.05) is 12.4 Å². The van der Waals surface area contributed by atoms with Crippen LogP contribution >= 0.6 is 0 Å². The Morgan fingerprint density at radius 3 is 2.41 bits per heavy atom. The number of aromatic nitrogens is 2. The zero-order chi connectivity index (χ0) is 19.6. The average Bonchev–Trinajstić information content (AvgIpc) is 3.10. The van der Waals surface area contributed by atoms with Crippen molar-refractivity contribution in [1.29, 1.82) is 0 Å². The molecule has 1 N–H and O–H groups in total. The molecule has 0 fully saturated rings. The van der Waals surface area contributed by atoms with Crippen LogP contribution in [0, 0.1) is 18.6 Å². The van der Waals surface area contributed by atoms with Crippen LogP contribution in [-0.4, -0.2) is 29.2 Å². The van der Waals surface area contributed by atoms with Gasteiger partial charge >= 0.3 is 5.97 Å². The van der Waals surface area contributed by atoms with E-state index < -0.39 is 34.8 Å². The molecular weight excluding hydrogens is 360 g/mol. The molecule has 1 amide bonds. The van der Waals surface area contributed by atoms with Gasteiger partial charge in [0.25, 0.3) is 5.91 Å². The highest BCUT2D eigenvalue weighted by Gasteiger charge is 2.20. The molecule has 0 bridgehead atoms. The number of methoxy groups -OCH3 is 1. The number of aryl methyl sites for hydroxylation is 1. The van der Waals surface area contributed by atoms with Gasteiger partial charge in [-0.3, -0.25) is 4.79 Å². The third-order valence-electron chi connectivity index (χ3n) is 3.61. The van der Waals surface area contributed by atoms with Crippen molar-refractivity contribution in [2.45, 2.75) is 6.92 Å². The van der Waals surface area contributed by atoms with Crippen LogP contribution in [0.3, 0.4) is 0 Å². The van der Waals surface area contributed by atoms with E-state index in [0.717, 1.165) is 13.2 Å². The number of hydrogen-bond donors (Lipinski definition) is 1. The molecule has 1 aromatic heterocycles. The van der Waals surface area contributed by atoms with E-state index in [1.165, 1.54) is 12.1 Å². The second-order valence-electron chi connectivity index (χ2n) is 5.46. The van der Waals surface area contributed by atoms with Gasteiger partial charge < -0.3 is 14.5 Å². The summed E-state index contributed by atoms with van der Waals surface area (Å²) in [6, 6.07) is 7.53. The van der Waals surface area contributed by atoms with Crippen molar-refractivity contribution >= 4 is 17.6 Å². The summed E-state index contributed by atoms with van der Waals surface area (Å²) < 4.78 is 37.7. The standard InChI is InChI=1S/C18H13F2N3O4/c1-9-22-23-17(27-9)11-5-3-10(4-6-11)16(24)21-14-8-12(19)7-13(15(14)20)18(25)26-2/h3-8H,1-2H3,(H,21,24). The molecule has 7 nitrogen and oxygen atoms in total. The summed E-state index contributed by atoms with van der Waals surface area (Å²) in [5, 5.41) is 9.81. The van der Waals surface area contributed by atoms with Gasteiger partial charge in [0, 0.05) is 24.1 Å². The number of esters is 1. The Bertz CT molecular complexity index is 1020. The number of benzene rings is 2. The quantitative estimate of drug-likeness (QED) is 0.705. The minimum absolute atomic E-state index is 0.179. The van der Waals surface area contributed by atoms with Crippen LogP contribution < -0.4 is 5.32 Å². The summed E-state index contributed by atoms with van der Waals surface area (Å²) in [4.78, 5) is 23.8. The highest BCUT2D eigenvalue weighted by atomic mass is 19.1. The first-order valence-corrected chi connectivity index (χ1v) is 7.68. The molecule has 0 aliphatic heterocycles. The number of nitrogens with one attached hydrogen (secondary N) is 1. The largest absolute Gasteiger partial charge is 0.465 e. The predicted molar refractivity (Wildman–Crippen MR) is 90.1 cm³/mol. The maximum absolute atomic E-state index is 14.3. The van der Waals surface area contributed by atoms with E-state index in [2.05, 4.69) is 20.3 Å². The Kier molecular flexibility index (Phi) is 4.93. The van der Waals surface area contributed by atoms with Gasteiger partial charge in [-0.25, -0.2) is 13.6 Å². The lowest BCUT2D eigenvalue weighted by Crippen LogP contribution is -2.15. The van der Waals surface area contributed by atoms with Gasteiger partial charge in [0.05, 0.1) is 12.8 Å². The first-order valence-electron chi connectivity index (χ1n) is 7.68. The van der Waals surface area contributed by atoms with Crippen LogP contribution in [0.4, 0.5) is 14.5 Å². The molecule has 0 aliphatic rings. The molecule has 3 aromatic rings. The Balaban J connectivity index is 1.83. The molecule has 0 saturated carbocycles. The predicted octanol–water partition coefficient (Wildman–Crippen LogP) is 3.36. The Morgan fingerprint density at radius 2 is 1.81 bits per heavy atom. The molecule has 9 heteroatoms. The first-order chi connectivity index (χ1) is 12.9. The summed E-state index contributed by atoms with van der Waals surface area (Å²) in [5.41, 5.74) is -0.317. The maximum Gasteiger partial charge on any atom is 0.341 e. The molecule has 2 aromatic carbocycles. The number of ether oxygens (including phenoxy) is 1. The SMILES string of the molecule is COC(=O)c1cc(F)cc(NC(=O)c2ccc(-c3nnc(C)o3)cc2)c1F. The molecule has 0 unspecified atom stereocenters. The van der Waals surface area contributed by atoms with Crippen molar-refractivity contribution < 1.29 is 27.5 Å². The van der Waals surface area contributed by atoms with E-state index in [1.54, 1.807) is 19.1 Å². The van der Waals surface area contributed by atoms with Gasteiger partial charge in [0.15, 0.2) is 5.82 Å². The van der Waals surface area contributed by atoms with E-state index in [1.807, 2.05) is 0 Å². The molecule has 1 heterocycles. The highest BCUT2D eigenvalue weighted by molar-refractivity contribution is 6.05. The first kappa shape index (κ1) is 18.2. The smallest absolute Gasteiger partial charge is 0.341 e. The van der Waals surface area contributed by atoms with Crippen molar-refractivity contribution in [3.63, 3.8) is 0 Å². The van der Waals surface area contributed by atoms with Gasteiger partial charge in [0.2, 0.25) is 11.8 Å². The summed E-state index contributed by atoms with van der Waals surface area (Å²) in [6.45, 7) is 1.65. The van der Waals surface area contributed by atoms with Crippen LogP contribution in [0.1, 0.15) is 26.6 Å². The van der Waals surface area contributed by atoms with Crippen molar-refractivity contribution in [1.82, 2.24) is 10.2 Å². The van der Waals surface area contributed by atoms with Crippen molar-refractivity contribution in [3.8, 4) is 11.5 Å². The molecule has 27 heavy (non-hydrogen) atoms. The molecule has 0 spiro atoms. The van der Waals surface area contributed by atoms with E-state index in [-0.39, 0.29) is 5.56 Å². The third kappa shape index (κ3) is 3.81. The van der Waals surface area contributed by atoms with Crippen molar-refractivity contribution in [2.24, 2.45) is 0 Å². The molecule has 0 atom stereocenters. The Hall–Kier alpha value is -3.62. The Labute approximate surface area is 152 Å². The third-order valence-corrected chi connectivity index (χ3v) is 3.61. The molecule has 0 aliphatic carbocycles. The van der Waals surface area contributed by atoms with Gasteiger partial charge in [0.1, 0.15) is 11.4 Å². The number of hydrogen-bond acceptors (Lipinski definition) is 6. The molecule has 138 valence electrons. The zero-order valence-electron chi connectivity index (χ0n) is 14.2. The molecule has 0 radical (unpaired) electrons. The van der Waals surface area contributed by atoms with Crippen LogP contribution in [0.2, 0.25) is 0 Å². The topological polar surface area (TPSA) is 94.3 Å². The van der Waals surface area contributed by atoms with Gasteiger partial charge in [-0.1, -0.05) is 0 Å². The summed E-state index contributed by atoms with van der Waals surface area (Å²) in [5.74, 6) is -3.04. The fourth-order valence-corrected chi connectivity index (χ4v) is 2.31. The maximum atomic E-state index is 14.3. The molecule has 0 saturated heterocycles. The number of nitrogens with zero attached hydrogens (tertiary/aromatic N) is 2. The van der Waals surface area contributed by atoms with E-state index in [0.29, 0.717) is 23.4 Å². The lowest BCUT2D eigenvalue weighted by atomic mass is 10.1. The zero-order valence-corrected chi connectivity index (χ0v) is 14.2. The summed E-state index contributed by atoms with van der Waals surface area (Å²) >= 11 is 0. The van der Waals surface area contributed by atoms with Crippen LogP contribution in [0.15, 0.2) is 40.8 Å². The number of amides is 1. The average molecular weight is 373 g/mol.